The van der Waals surface area contributed by atoms with E-state index in [-0.39, 0.29) is 12.0 Å². The molecule has 2 aromatic heterocycles. The van der Waals surface area contributed by atoms with Gasteiger partial charge in [0, 0.05) is 47.3 Å². The van der Waals surface area contributed by atoms with Gasteiger partial charge in [-0.05, 0) is 55.8 Å². The Kier molecular flexibility index (Phi) is 6.80. The van der Waals surface area contributed by atoms with Gasteiger partial charge in [0.2, 0.25) is 0 Å². The number of ether oxygens (including phenoxy) is 2. The van der Waals surface area contributed by atoms with Gasteiger partial charge in [-0.2, -0.15) is 5.26 Å². The number of fused-ring (bicyclic) bond motifs is 1. The summed E-state index contributed by atoms with van der Waals surface area (Å²) >= 11 is 0. The number of aryl methyl sites for hydroxylation is 1. The Bertz CT molecular complexity index is 1490. The molecule has 3 N–H and O–H groups in total. The predicted molar refractivity (Wildman–Crippen MR) is 142 cm³/mol. The molecule has 0 spiro atoms. The van der Waals surface area contributed by atoms with E-state index in [1.165, 1.54) is 0 Å². The number of piperidine rings is 1. The zero-order valence-electron chi connectivity index (χ0n) is 20.9. The van der Waals surface area contributed by atoms with E-state index in [2.05, 4.69) is 22.0 Å². The van der Waals surface area contributed by atoms with Crippen LogP contribution in [-0.4, -0.2) is 41.9 Å². The normalized spacial score (nSPS) is 17.3. The molecule has 0 radical (unpaired) electrons. The molecule has 5 rings (SSSR count). The molecule has 8 nitrogen and oxygen atoms in total. The van der Waals surface area contributed by atoms with Crippen LogP contribution < -0.4 is 15.8 Å². The van der Waals surface area contributed by atoms with E-state index in [9.17, 15) is 10.1 Å². The lowest BCUT2D eigenvalue weighted by atomic mass is 9.90. The van der Waals surface area contributed by atoms with Crippen molar-refractivity contribution >= 4 is 17.0 Å². The first-order chi connectivity index (χ1) is 18.0. The number of benzene rings is 2. The first-order valence-corrected chi connectivity index (χ1v) is 12.3. The molecule has 8 heteroatoms. The summed E-state index contributed by atoms with van der Waals surface area (Å²) < 4.78 is 12.9. The van der Waals surface area contributed by atoms with Gasteiger partial charge in [-0.3, -0.25) is 4.98 Å². The van der Waals surface area contributed by atoms with Crippen LogP contribution in [0.4, 0.5) is 4.79 Å². The lowest BCUT2D eigenvalue weighted by Crippen LogP contribution is -2.45. The van der Waals surface area contributed by atoms with Gasteiger partial charge in [0.05, 0.1) is 36.1 Å². The van der Waals surface area contributed by atoms with Crippen molar-refractivity contribution in [1.82, 2.24) is 14.9 Å². The molecule has 2 aromatic carbocycles. The van der Waals surface area contributed by atoms with Crippen molar-refractivity contribution in [3.05, 3.63) is 72.1 Å². The lowest BCUT2D eigenvalue weighted by molar-refractivity contribution is 0.0514. The molecule has 2 unspecified atom stereocenters. The van der Waals surface area contributed by atoms with Crippen LogP contribution in [0.2, 0.25) is 0 Å². The standard InChI is InChI=1S/C29H29N5O3/c1-34-21(13-19-11-12-32-17-26(19)37-29(31)35)14-24-25(34)16-33-28(18-7-9-22(36-2)10-8-18)27(24)23-6-4-3-5-20(23)15-30/h3-10,14,16,19,26,32H,11-13,17H2,1-2H3,(H2,31,35). The SMILES string of the molecule is COc1ccc(-c2ncc3c(cc(CC4CCNCC4OC(N)=O)n3C)c2-c2ccccc2C#N)cc1. The molecule has 0 aliphatic carbocycles. The van der Waals surface area contributed by atoms with E-state index in [0.29, 0.717) is 12.1 Å². The third-order valence-electron chi connectivity index (χ3n) is 7.18. The Morgan fingerprint density at radius 3 is 2.76 bits per heavy atom. The number of nitrogens with two attached hydrogens (primary N) is 1. The predicted octanol–water partition coefficient (Wildman–Crippen LogP) is 4.40. The molecular formula is C29H29N5O3. The highest BCUT2D eigenvalue weighted by Crippen LogP contribution is 2.40. The highest BCUT2D eigenvalue weighted by Gasteiger charge is 2.29. The number of amides is 1. The number of primary amides is 1. The molecule has 188 valence electrons. The zero-order valence-corrected chi connectivity index (χ0v) is 20.9. The number of nitrogens with one attached hydrogen (secondary N) is 1. The Balaban J connectivity index is 1.66. The molecule has 1 fully saturated rings. The maximum absolute atomic E-state index is 11.5. The van der Waals surface area contributed by atoms with Crippen LogP contribution in [0.5, 0.6) is 5.75 Å². The Morgan fingerprint density at radius 1 is 1.24 bits per heavy atom. The fourth-order valence-electron chi connectivity index (χ4n) is 5.26. The minimum Gasteiger partial charge on any atom is -0.497 e. The average Bonchev–Trinajstić information content (AvgIpc) is 3.24. The van der Waals surface area contributed by atoms with Crippen LogP contribution in [0.15, 0.2) is 60.8 Å². The van der Waals surface area contributed by atoms with Crippen molar-refractivity contribution in [2.75, 3.05) is 20.2 Å². The minimum absolute atomic E-state index is 0.139. The summed E-state index contributed by atoms with van der Waals surface area (Å²) in [5, 5.41) is 14.2. The van der Waals surface area contributed by atoms with Gasteiger partial charge in [0.15, 0.2) is 0 Å². The van der Waals surface area contributed by atoms with E-state index in [4.69, 9.17) is 20.2 Å². The van der Waals surface area contributed by atoms with Crippen molar-refractivity contribution in [1.29, 1.82) is 5.26 Å². The van der Waals surface area contributed by atoms with Gasteiger partial charge in [-0.1, -0.05) is 18.2 Å². The van der Waals surface area contributed by atoms with Crippen LogP contribution in [0.3, 0.4) is 0 Å². The molecule has 1 amide bonds. The van der Waals surface area contributed by atoms with E-state index >= 15 is 0 Å². The van der Waals surface area contributed by atoms with Crippen molar-refractivity contribution < 1.29 is 14.3 Å². The number of hydrogen-bond donors (Lipinski definition) is 2. The molecule has 2 atom stereocenters. The van der Waals surface area contributed by atoms with Crippen LogP contribution in [0.25, 0.3) is 33.3 Å². The maximum atomic E-state index is 11.5. The van der Waals surface area contributed by atoms with Crippen molar-refractivity contribution in [2.45, 2.75) is 18.9 Å². The van der Waals surface area contributed by atoms with E-state index in [1.54, 1.807) is 7.11 Å². The first-order valence-electron chi connectivity index (χ1n) is 12.3. The number of carbonyl (C=O) groups is 1. The van der Waals surface area contributed by atoms with Gasteiger partial charge >= 0.3 is 6.09 Å². The van der Waals surface area contributed by atoms with E-state index < -0.39 is 6.09 Å². The molecule has 1 aliphatic heterocycles. The number of pyridine rings is 1. The van der Waals surface area contributed by atoms with Gasteiger partial charge < -0.3 is 25.1 Å². The highest BCUT2D eigenvalue weighted by molar-refractivity contribution is 6.03. The highest BCUT2D eigenvalue weighted by atomic mass is 16.6. The van der Waals surface area contributed by atoms with Gasteiger partial charge in [0.25, 0.3) is 0 Å². The Morgan fingerprint density at radius 2 is 2.03 bits per heavy atom. The first kappa shape index (κ1) is 24.3. The molecule has 1 saturated heterocycles. The number of hydrogen-bond acceptors (Lipinski definition) is 6. The summed E-state index contributed by atoms with van der Waals surface area (Å²) in [6.07, 6.45) is 2.45. The molecular weight excluding hydrogens is 466 g/mol. The van der Waals surface area contributed by atoms with Crippen LogP contribution in [0, 0.1) is 17.2 Å². The average molecular weight is 496 g/mol. The molecule has 3 heterocycles. The van der Waals surface area contributed by atoms with Gasteiger partial charge in [-0.25, -0.2) is 4.79 Å². The van der Waals surface area contributed by atoms with E-state index in [1.807, 2.05) is 61.8 Å². The number of carbonyl (C=O) groups excluding carboxylic acids is 1. The molecule has 0 bridgehead atoms. The molecule has 0 saturated carbocycles. The lowest BCUT2D eigenvalue weighted by Gasteiger charge is -2.31. The number of rotatable bonds is 6. The smallest absolute Gasteiger partial charge is 0.404 e. The third-order valence-corrected chi connectivity index (χ3v) is 7.18. The Hall–Kier alpha value is -4.35. The number of nitrogens with zero attached hydrogens (tertiary/aromatic N) is 3. The van der Waals surface area contributed by atoms with Crippen molar-refractivity contribution in [3.8, 4) is 34.2 Å². The summed E-state index contributed by atoms with van der Waals surface area (Å²) in [4.78, 5) is 16.4. The Labute approximate surface area is 215 Å². The summed E-state index contributed by atoms with van der Waals surface area (Å²) in [6.45, 7) is 1.44. The molecule has 37 heavy (non-hydrogen) atoms. The summed E-state index contributed by atoms with van der Waals surface area (Å²) in [5.74, 6) is 0.904. The second kappa shape index (κ2) is 10.3. The van der Waals surface area contributed by atoms with Crippen LogP contribution in [0.1, 0.15) is 17.7 Å². The van der Waals surface area contributed by atoms with Gasteiger partial charge in [-0.15, -0.1) is 0 Å². The maximum Gasteiger partial charge on any atom is 0.404 e. The number of aromatic nitrogens is 2. The van der Waals surface area contributed by atoms with Crippen LogP contribution >= 0.6 is 0 Å². The fourth-order valence-corrected chi connectivity index (χ4v) is 5.26. The second-order valence-electron chi connectivity index (χ2n) is 9.29. The summed E-state index contributed by atoms with van der Waals surface area (Å²) in [5.41, 5.74) is 11.5. The summed E-state index contributed by atoms with van der Waals surface area (Å²) in [6, 6.07) is 19.9. The van der Waals surface area contributed by atoms with Crippen LogP contribution in [-0.2, 0) is 18.2 Å². The number of methoxy groups -OCH3 is 1. The largest absolute Gasteiger partial charge is 0.497 e. The zero-order chi connectivity index (χ0) is 25.9. The quantitative estimate of drug-likeness (QED) is 0.410. The third kappa shape index (κ3) is 4.74. The van der Waals surface area contributed by atoms with Crippen molar-refractivity contribution in [2.24, 2.45) is 18.7 Å². The number of nitriles is 1. The molecule has 4 aromatic rings. The molecule has 1 aliphatic rings. The second-order valence-corrected chi connectivity index (χ2v) is 9.29. The topological polar surface area (TPSA) is 115 Å². The van der Waals surface area contributed by atoms with Crippen molar-refractivity contribution in [3.63, 3.8) is 0 Å². The van der Waals surface area contributed by atoms with E-state index in [0.717, 1.165) is 64.1 Å². The van der Waals surface area contributed by atoms with Gasteiger partial charge in [0.1, 0.15) is 11.9 Å². The monoisotopic (exact) mass is 495 g/mol. The fraction of sp³-hybridized carbons (Fsp3) is 0.276. The minimum atomic E-state index is -0.750. The summed E-state index contributed by atoms with van der Waals surface area (Å²) in [7, 11) is 3.66.